The molecule has 0 aromatic heterocycles. The van der Waals surface area contributed by atoms with Crippen molar-refractivity contribution in [3.05, 3.63) is 18.1 Å². The Kier molecular flexibility index (Phi) is 1.14. The minimum atomic E-state index is 0.448. The van der Waals surface area contributed by atoms with Crippen LogP contribution >= 0.6 is 0 Å². The molecule has 1 N–H and O–H groups in total. The van der Waals surface area contributed by atoms with Crippen LogP contribution in [0.4, 0.5) is 0 Å². The highest BCUT2D eigenvalue weighted by atomic mass is 14.9. The first kappa shape index (κ1) is 4.63. The molecule has 0 atom stereocenters. The third-order valence-corrected chi connectivity index (χ3v) is 0.681. The Hall–Kier alpha value is -1.52. The molecule has 3 heteroatoms. The molecule has 1 rings (SSSR count). The van der Waals surface area contributed by atoms with Crippen LogP contribution < -0.4 is 5.32 Å². The minimum Gasteiger partial charge on any atom is -0.344 e. The Morgan fingerprint density at radius 3 is 3.12 bits per heavy atom. The van der Waals surface area contributed by atoms with Crippen molar-refractivity contribution in [3.8, 4) is 6.07 Å². The van der Waals surface area contributed by atoms with Crippen LogP contribution in [0.5, 0.6) is 0 Å². The number of nitriles is 1. The van der Waals surface area contributed by atoms with Crippen molar-refractivity contribution in [2.45, 2.75) is 0 Å². The molecule has 0 bridgehead atoms. The lowest BCUT2D eigenvalue weighted by Crippen LogP contribution is -2.04. The number of hydrogen-bond acceptors (Lipinski definition) is 3. The molecule has 8 heavy (non-hydrogen) atoms. The highest BCUT2D eigenvalue weighted by Gasteiger charge is 1.88. The van der Waals surface area contributed by atoms with Crippen molar-refractivity contribution < 1.29 is 0 Å². The second-order valence-electron chi connectivity index (χ2n) is 1.20. The van der Waals surface area contributed by atoms with Crippen LogP contribution in [0.3, 0.4) is 0 Å². The molecular formula is C5H3N3. The minimum absolute atomic E-state index is 0.448. The van der Waals surface area contributed by atoms with Gasteiger partial charge in [-0.25, -0.2) is 4.99 Å². The fraction of sp³-hybridized carbons (Fsp3) is 0. The van der Waals surface area contributed by atoms with Gasteiger partial charge in [0.2, 0.25) is 0 Å². The lowest BCUT2D eigenvalue weighted by molar-refractivity contribution is 1.10. The standard InChI is InChI=1S/C5H3N3/c6-3-5-4-7-1-2-8-5/h2,4,8H. The molecule has 0 amide bonds. The first-order valence-corrected chi connectivity index (χ1v) is 2.07. The summed E-state index contributed by atoms with van der Waals surface area (Å²) in [5.41, 5.74) is 0.448. The van der Waals surface area contributed by atoms with E-state index < -0.39 is 0 Å². The smallest absolute Gasteiger partial charge is 0.137 e. The average Bonchev–Trinajstić information content (AvgIpc) is 1.90. The molecule has 3 nitrogen and oxygen atoms in total. The Balaban J connectivity index is 2.81. The quantitative estimate of drug-likeness (QED) is 0.476. The van der Waals surface area contributed by atoms with Crippen molar-refractivity contribution in [3.63, 3.8) is 0 Å². The van der Waals surface area contributed by atoms with Crippen LogP contribution in [0.2, 0.25) is 0 Å². The van der Waals surface area contributed by atoms with Crippen LogP contribution in [0, 0.1) is 11.3 Å². The van der Waals surface area contributed by atoms with E-state index in [-0.39, 0.29) is 0 Å². The number of hydrogen-bond donors (Lipinski definition) is 1. The molecule has 1 heterocycles. The molecule has 0 aromatic rings. The summed E-state index contributed by atoms with van der Waals surface area (Å²) in [7, 11) is 0. The summed E-state index contributed by atoms with van der Waals surface area (Å²) < 4.78 is 0. The van der Waals surface area contributed by atoms with Crippen LogP contribution in [0.15, 0.2) is 23.1 Å². The number of nitrogens with one attached hydrogen (secondary N) is 1. The monoisotopic (exact) mass is 105 g/mol. The Bertz CT molecular complexity index is 212. The lowest BCUT2D eigenvalue weighted by atomic mass is 10.5. The zero-order chi connectivity index (χ0) is 5.82. The van der Waals surface area contributed by atoms with E-state index in [0.29, 0.717) is 5.70 Å². The molecule has 0 saturated heterocycles. The molecule has 0 aliphatic carbocycles. The van der Waals surface area contributed by atoms with Gasteiger partial charge >= 0.3 is 0 Å². The second-order valence-corrected chi connectivity index (χ2v) is 1.20. The van der Waals surface area contributed by atoms with Crippen molar-refractivity contribution in [2.75, 3.05) is 0 Å². The third-order valence-electron chi connectivity index (χ3n) is 0.681. The summed E-state index contributed by atoms with van der Waals surface area (Å²) in [5, 5.41) is 10.8. The fourth-order valence-electron chi connectivity index (χ4n) is 0.348. The topological polar surface area (TPSA) is 48.2 Å². The van der Waals surface area contributed by atoms with Gasteiger partial charge in [0.25, 0.3) is 0 Å². The van der Waals surface area contributed by atoms with Crippen LogP contribution in [0.1, 0.15) is 0 Å². The SMILES string of the molecule is N#CC1=CN=C=CN1. The largest absolute Gasteiger partial charge is 0.344 e. The number of nitrogens with zero attached hydrogens (tertiary/aromatic N) is 2. The highest BCUT2D eigenvalue weighted by molar-refractivity contribution is 5.55. The Labute approximate surface area is 46.7 Å². The molecular weight excluding hydrogens is 102 g/mol. The van der Waals surface area contributed by atoms with E-state index in [1.54, 1.807) is 0 Å². The molecule has 0 radical (unpaired) electrons. The van der Waals surface area contributed by atoms with Crippen molar-refractivity contribution in [1.29, 1.82) is 5.26 Å². The van der Waals surface area contributed by atoms with Gasteiger partial charge in [-0.1, -0.05) is 0 Å². The van der Waals surface area contributed by atoms with Gasteiger partial charge in [-0.2, -0.15) is 5.26 Å². The van der Waals surface area contributed by atoms with E-state index >= 15 is 0 Å². The maximum Gasteiger partial charge on any atom is 0.137 e. The number of allylic oxidation sites excluding steroid dienone is 1. The highest BCUT2D eigenvalue weighted by Crippen LogP contribution is 1.87. The van der Waals surface area contributed by atoms with E-state index in [1.807, 2.05) is 6.07 Å². The fourth-order valence-corrected chi connectivity index (χ4v) is 0.348. The zero-order valence-electron chi connectivity index (χ0n) is 4.05. The van der Waals surface area contributed by atoms with Gasteiger partial charge in [0, 0.05) is 5.87 Å². The van der Waals surface area contributed by atoms with Crippen LogP contribution in [-0.4, -0.2) is 5.87 Å². The maximum atomic E-state index is 8.20. The Morgan fingerprint density at radius 1 is 1.88 bits per heavy atom. The van der Waals surface area contributed by atoms with Crippen molar-refractivity contribution in [2.24, 2.45) is 4.99 Å². The van der Waals surface area contributed by atoms with Gasteiger partial charge in [0.05, 0.1) is 12.4 Å². The van der Waals surface area contributed by atoms with Crippen molar-refractivity contribution in [1.82, 2.24) is 5.32 Å². The average molecular weight is 105 g/mol. The van der Waals surface area contributed by atoms with Gasteiger partial charge in [0.1, 0.15) is 11.8 Å². The summed E-state index contributed by atoms with van der Waals surface area (Å²) in [6, 6.07) is 1.89. The molecule has 0 unspecified atom stereocenters. The van der Waals surface area contributed by atoms with Gasteiger partial charge in [-0.3, -0.25) is 0 Å². The zero-order valence-corrected chi connectivity index (χ0v) is 4.05. The normalized spacial score (nSPS) is 14.1. The third kappa shape index (κ3) is 0.754. The second kappa shape index (κ2) is 1.97. The van der Waals surface area contributed by atoms with E-state index in [0.717, 1.165) is 0 Å². The summed E-state index contributed by atoms with van der Waals surface area (Å²) in [5.74, 6) is 2.51. The predicted molar refractivity (Wildman–Crippen MR) is 28.8 cm³/mol. The van der Waals surface area contributed by atoms with Gasteiger partial charge in [0.15, 0.2) is 0 Å². The van der Waals surface area contributed by atoms with E-state index in [9.17, 15) is 0 Å². The number of aliphatic imine (C=N–C) groups is 1. The molecule has 1 aliphatic heterocycles. The summed E-state index contributed by atoms with van der Waals surface area (Å²) in [6.45, 7) is 0. The molecule has 1 aliphatic rings. The molecule has 0 spiro atoms. The molecule has 0 aromatic carbocycles. The van der Waals surface area contributed by atoms with Crippen LogP contribution in [0.25, 0.3) is 0 Å². The van der Waals surface area contributed by atoms with Gasteiger partial charge in [-0.15, -0.1) is 0 Å². The molecule has 0 fully saturated rings. The maximum absolute atomic E-state index is 8.20. The first-order chi connectivity index (χ1) is 3.93. The summed E-state index contributed by atoms with van der Waals surface area (Å²) >= 11 is 0. The first-order valence-electron chi connectivity index (χ1n) is 2.07. The summed E-state index contributed by atoms with van der Waals surface area (Å²) in [6.07, 6.45) is 2.90. The number of rotatable bonds is 0. The van der Waals surface area contributed by atoms with Gasteiger partial charge < -0.3 is 5.32 Å². The van der Waals surface area contributed by atoms with Crippen molar-refractivity contribution >= 4 is 5.87 Å². The van der Waals surface area contributed by atoms with E-state index in [4.69, 9.17) is 5.26 Å². The van der Waals surface area contributed by atoms with Crippen LogP contribution in [-0.2, 0) is 0 Å². The predicted octanol–water partition coefficient (Wildman–Crippen LogP) is 0.138. The summed E-state index contributed by atoms with van der Waals surface area (Å²) in [4.78, 5) is 3.58. The van der Waals surface area contributed by atoms with Gasteiger partial charge in [-0.05, 0) is 0 Å². The molecule has 38 valence electrons. The lowest BCUT2D eigenvalue weighted by Gasteiger charge is -1.93. The Morgan fingerprint density at radius 2 is 2.75 bits per heavy atom. The molecule has 0 saturated carbocycles. The van der Waals surface area contributed by atoms with E-state index in [1.165, 1.54) is 12.4 Å². The van der Waals surface area contributed by atoms with E-state index in [2.05, 4.69) is 16.2 Å².